The van der Waals surface area contributed by atoms with E-state index in [0.29, 0.717) is 0 Å². The minimum Gasteiger partial charge on any atom is -0.508 e. The van der Waals surface area contributed by atoms with Crippen molar-refractivity contribution < 1.29 is 5.11 Å². The van der Waals surface area contributed by atoms with Gasteiger partial charge in [0.15, 0.2) is 0 Å². The van der Waals surface area contributed by atoms with Crippen LogP contribution < -0.4 is 5.73 Å². The van der Waals surface area contributed by atoms with E-state index < -0.39 is 0 Å². The Morgan fingerprint density at radius 1 is 1.62 bits per heavy atom. The SMILES string of the molecule is C=C(C)C[C@@H](N)c1cccc(O)c1. The topological polar surface area (TPSA) is 46.2 Å². The first-order valence-corrected chi connectivity index (χ1v) is 4.28. The highest BCUT2D eigenvalue weighted by atomic mass is 16.3. The van der Waals surface area contributed by atoms with Gasteiger partial charge < -0.3 is 10.8 Å². The zero-order valence-electron chi connectivity index (χ0n) is 7.83. The molecule has 0 aliphatic heterocycles. The summed E-state index contributed by atoms with van der Waals surface area (Å²) in [6, 6.07) is 6.96. The summed E-state index contributed by atoms with van der Waals surface area (Å²) >= 11 is 0. The van der Waals surface area contributed by atoms with Crippen LogP contribution in [0.5, 0.6) is 5.75 Å². The minimum absolute atomic E-state index is 0.0652. The monoisotopic (exact) mass is 177 g/mol. The van der Waals surface area contributed by atoms with Crippen LogP contribution >= 0.6 is 0 Å². The van der Waals surface area contributed by atoms with E-state index in [2.05, 4.69) is 6.58 Å². The first kappa shape index (κ1) is 9.81. The standard InChI is InChI=1S/C11H15NO/c1-8(2)6-11(12)9-4-3-5-10(13)7-9/h3-5,7,11,13H,1,6,12H2,2H3/t11-/m1/s1. The van der Waals surface area contributed by atoms with Crippen molar-refractivity contribution in [3.05, 3.63) is 42.0 Å². The van der Waals surface area contributed by atoms with Crippen LogP contribution in [0, 0.1) is 0 Å². The van der Waals surface area contributed by atoms with Gasteiger partial charge in [0.2, 0.25) is 0 Å². The van der Waals surface area contributed by atoms with Gasteiger partial charge >= 0.3 is 0 Å². The van der Waals surface area contributed by atoms with E-state index >= 15 is 0 Å². The summed E-state index contributed by atoms with van der Waals surface area (Å²) in [5.74, 6) is 0.259. The number of rotatable bonds is 3. The molecule has 0 aromatic heterocycles. The summed E-state index contributed by atoms with van der Waals surface area (Å²) in [5.41, 5.74) is 7.89. The van der Waals surface area contributed by atoms with Gasteiger partial charge in [-0.05, 0) is 31.0 Å². The molecule has 0 radical (unpaired) electrons. The van der Waals surface area contributed by atoms with Gasteiger partial charge in [-0.25, -0.2) is 0 Å². The van der Waals surface area contributed by atoms with Gasteiger partial charge in [0, 0.05) is 6.04 Å². The zero-order chi connectivity index (χ0) is 9.84. The average molecular weight is 177 g/mol. The van der Waals surface area contributed by atoms with Crippen LogP contribution in [0.1, 0.15) is 24.9 Å². The first-order chi connectivity index (χ1) is 6.09. The Kier molecular flexibility index (Phi) is 3.09. The van der Waals surface area contributed by atoms with Crippen molar-refractivity contribution >= 4 is 0 Å². The Morgan fingerprint density at radius 2 is 2.31 bits per heavy atom. The van der Waals surface area contributed by atoms with Crippen molar-refractivity contribution in [3.8, 4) is 5.75 Å². The van der Waals surface area contributed by atoms with Gasteiger partial charge in [-0.3, -0.25) is 0 Å². The second-order valence-electron chi connectivity index (χ2n) is 3.36. The lowest BCUT2D eigenvalue weighted by atomic mass is 10.0. The summed E-state index contributed by atoms with van der Waals surface area (Å²) in [7, 11) is 0. The molecule has 0 unspecified atom stereocenters. The molecular formula is C11H15NO. The molecule has 70 valence electrons. The van der Waals surface area contributed by atoms with Crippen molar-refractivity contribution in [2.24, 2.45) is 5.73 Å². The first-order valence-electron chi connectivity index (χ1n) is 4.28. The molecule has 0 bridgehead atoms. The molecule has 0 aliphatic carbocycles. The van der Waals surface area contributed by atoms with E-state index in [1.807, 2.05) is 13.0 Å². The molecule has 0 heterocycles. The molecule has 1 atom stereocenters. The highest BCUT2D eigenvalue weighted by molar-refractivity contribution is 5.29. The highest BCUT2D eigenvalue weighted by Crippen LogP contribution is 2.20. The predicted octanol–water partition coefficient (Wildman–Crippen LogP) is 2.36. The fourth-order valence-corrected chi connectivity index (χ4v) is 1.25. The smallest absolute Gasteiger partial charge is 0.115 e. The molecule has 0 amide bonds. The lowest BCUT2D eigenvalue weighted by Gasteiger charge is -2.11. The Hall–Kier alpha value is -1.28. The van der Waals surface area contributed by atoms with Crippen molar-refractivity contribution in [2.75, 3.05) is 0 Å². The van der Waals surface area contributed by atoms with Gasteiger partial charge in [0.1, 0.15) is 5.75 Å². The summed E-state index contributed by atoms with van der Waals surface area (Å²) < 4.78 is 0. The highest BCUT2D eigenvalue weighted by Gasteiger charge is 2.05. The lowest BCUT2D eigenvalue weighted by molar-refractivity contribution is 0.473. The predicted molar refractivity (Wildman–Crippen MR) is 54.5 cm³/mol. The van der Waals surface area contributed by atoms with Gasteiger partial charge in [0.05, 0.1) is 0 Å². The van der Waals surface area contributed by atoms with Crippen molar-refractivity contribution in [3.63, 3.8) is 0 Å². The van der Waals surface area contributed by atoms with Crippen LogP contribution in [0.3, 0.4) is 0 Å². The number of hydrogen-bond acceptors (Lipinski definition) is 2. The molecule has 1 aromatic rings. The molecule has 2 nitrogen and oxygen atoms in total. The maximum Gasteiger partial charge on any atom is 0.115 e. The second kappa shape index (κ2) is 4.10. The molecule has 0 spiro atoms. The van der Waals surface area contributed by atoms with Crippen LogP contribution in [0.25, 0.3) is 0 Å². The van der Waals surface area contributed by atoms with Crippen LogP contribution in [-0.4, -0.2) is 5.11 Å². The Bertz CT molecular complexity index is 307. The van der Waals surface area contributed by atoms with Gasteiger partial charge in [-0.2, -0.15) is 0 Å². The number of phenolic OH excluding ortho intramolecular Hbond substituents is 1. The van der Waals surface area contributed by atoms with Crippen molar-refractivity contribution in [2.45, 2.75) is 19.4 Å². The van der Waals surface area contributed by atoms with Gasteiger partial charge in [-0.15, -0.1) is 6.58 Å². The maximum absolute atomic E-state index is 9.22. The van der Waals surface area contributed by atoms with Crippen LogP contribution in [-0.2, 0) is 0 Å². The number of benzene rings is 1. The van der Waals surface area contributed by atoms with Crippen LogP contribution in [0.15, 0.2) is 36.4 Å². The van der Waals surface area contributed by atoms with Crippen molar-refractivity contribution in [1.82, 2.24) is 0 Å². The summed E-state index contributed by atoms with van der Waals surface area (Å²) in [4.78, 5) is 0. The van der Waals surface area contributed by atoms with E-state index in [-0.39, 0.29) is 11.8 Å². The van der Waals surface area contributed by atoms with Crippen molar-refractivity contribution in [1.29, 1.82) is 0 Å². The number of phenols is 1. The molecule has 1 aromatic carbocycles. The summed E-state index contributed by atoms with van der Waals surface area (Å²) in [6.45, 7) is 5.75. The fourth-order valence-electron chi connectivity index (χ4n) is 1.25. The molecule has 0 saturated carbocycles. The minimum atomic E-state index is -0.0652. The maximum atomic E-state index is 9.22. The Morgan fingerprint density at radius 3 is 2.85 bits per heavy atom. The van der Waals surface area contributed by atoms with Gasteiger partial charge in [0.25, 0.3) is 0 Å². The van der Waals surface area contributed by atoms with Crippen LogP contribution in [0.2, 0.25) is 0 Å². The molecule has 1 rings (SSSR count). The average Bonchev–Trinajstić information content (AvgIpc) is 2.03. The third-order valence-electron chi connectivity index (χ3n) is 1.87. The number of aromatic hydroxyl groups is 1. The van der Waals surface area contributed by atoms with E-state index in [1.54, 1.807) is 18.2 Å². The molecule has 0 fully saturated rings. The Balaban J connectivity index is 2.76. The van der Waals surface area contributed by atoms with E-state index in [4.69, 9.17) is 5.73 Å². The quantitative estimate of drug-likeness (QED) is 0.696. The number of nitrogens with two attached hydrogens (primary N) is 1. The Labute approximate surface area is 78.7 Å². The molecule has 0 saturated heterocycles. The molecule has 13 heavy (non-hydrogen) atoms. The molecule has 0 aliphatic rings. The third-order valence-corrected chi connectivity index (χ3v) is 1.87. The van der Waals surface area contributed by atoms with E-state index in [9.17, 15) is 5.11 Å². The fraction of sp³-hybridized carbons (Fsp3) is 0.273. The van der Waals surface area contributed by atoms with E-state index in [1.165, 1.54) is 0 Å². The third kappa shape index (κ3) is 2.92. The summed E-state index contributed by atoms with van der Waals surface area (Å²) in [5, 5.41) is 9.22. The number of hydrogen-bond donors (Lipinski definition) is 2. The molecule has 2 heteroatoms. The second-order valence-corrected chi connectivity index (χ2v) is 3.36. The lowest BCUT2D eigenvalue weighted by Crippen LogP contribution is -2.09. The largest absolute Gasteiger partial charge is 0.508 e. The zero-order valence-corrected chi connectivity index (χ0v) is 7.83. The van der Waals surface area contributed by atoms with Gasteiger partial charge in [-0.1, -0.05) is 17.7 Å². The molecule has 3 N–H and O–H groups in total. The normalized spacial score (nSPS) is 12.5. The summed E-state index contributed by atoms with van der Waals surface area (Å²) in [6.07, 6.45) is 0.753. The van der Waals surface area contributed by atoms with E-state index in [0.717, 1.165) is 17.6 Å². The molecular weight excluding hydrogens is 162 g/mol. The van der Waals surface area contributed by atoms with Crippen LogP contribution in [0.4, 0.5) is 0 Å².